The molecule has 5 unspecified atom stereocenters. The van der Waals surface area contributed by atoms with Crippen molar-refractivity contribution in [3.05, 3.63) is 0 Å². The van der Waals surface area contributed by atoms with Gasteiger partial charge in [0.1, 0.15) is 5.78 Å². The van der Waals surface area contributed by atoms with E-state index in [1.165, 1.54) is 0 Å². The van der Waals surface area contributed by atoms with Crippen LogP contribution < -0.4 is 0 Å². The highest BCUT2D eigenvalue weighted by Gasteiger charge is 2.42. The van der Waals surface area contributed by atoms with Crippen LogP contribution in [0.2, 0.25) is 0 Å². The van der Waals surface area contributed by atoms with Crippen molar-refractivity contribution in [1.82, 2.24) is 0 Å². The van der Waals surface area contributed by atoms with Crippen LogP contribution in [-0.4, -0.2) is 18.0 Å². The number of hydrogen-bond acceptors (Lipinski definition) is 2. The van der Waals surface area contributed by atoms with Gasteiger partial charge in [-0.25, -0.2) is 0 Å². The molecule has 0 aliphatic carbocycles. The largest absolute Gasteiger partial charge is 0.375 e. The topological polar surface area (TPSA) is 26.3 Å². The van der Waals surface area contributed by atoms with Crippen molar-refractivity contribution in [3.63, 3.8) is 0 Å². The molecule has 0 bridgehead atoms. The van der Waals surface area contributed by atoms with E-state index in [0.717, 1.165) is 6.42 Å². The molecule has 1 rings (SSSR count). The van der Waals surface area contributed by atoms with Crippen molar-refractivity contribution >= 4 is 5.78 Å². The smallest absolute Gasteiger partial charge is 0.141 e. The molecule has 5 atom stereocenters. The Bertz CT molecular complexity index is 212. The lowest BCUT2D eigenvalue weighted by Gasteiger charge is -2.20. The molecule has 0 N–H and O–H groups in total. The van der Waals surface area contributed by atoms with Gasteiger partial charge in [0, 0.05) is 11.8 Å². The van der Waals surface area contributed by atoms with Gasteiger partial charge in [0.05, 0.1) is 12.2 Å². The standard InChI is InChI=1S/C12H22O2/c1-6-7(2)12(13)11-8(3)9(4)14-10(11)5/h7-11H,6H2,1-5H3. The second-order valence-electron chi connectivity index (χ2n) is 4.64. The van der Waals surface area contributed by atoms with Crippen molar-refractivity contribution in [2.45, 2.75) is 53.2 Å². The van der Waals surface area contributed by atoms with E-state index in [0.29, 0.717) is 11.7 Å². The number of ketones is 1. The van der Waals surface area contributed by atoms with E-state index in [4.69, 9.17) is 4.74 Å². The van der Waals surface area contributed by atoms with E-state index in [9.17, 15) is 4.79 Å². The molecule has 0 aromatic heterocycles. The Balaban J connectivity index is 2.72. The minimum absolute atomic E-state index is 0.0986. The molecule has 1 aliphatic heterocycles. The van der Waals surface area contributed by atoms with Crippen LogP contribution in [0.1, 0.15) is 41.0 Å². The summed E-state index contributed by atoms with van der Waals surface area (Å²) in [6.07, 6.45) is 1.26. The SMILES string of the molecule is CCC(C)C(=O)C1C(C)OC(C)C1C. The summed E-state index contributed by atoms with van der Waals surface area (Å²) in [6.45, 7) is 10.3. The highest BCUT2D eigenvalue weighted by atomic mass is 16.5. The van der Waals surface area contributed by atoms with E-state index in [1.54, 1.807) is 0 Å². The minimum atomic E-state index is 0.0986. The molecule has 1 aliphatic rings. The molecule has 0 spiro atoms. The van der Waals surface area contributed by atoms with Gasteiger partial charge in [0.2, 0.25) is 0 Å². The molecule has 0 radical (unpaired) electrons. The summed E-state index contributed by atoms with van der Waals surface area (Å²) in [5, 5.41) is 0. The first-order valence-corrected chi connectivity index (χ1v) is 5.68. The molecule has 1 heterocycles. The van der Waals surface area contributed by atoms with E-state index in [1.807, 2.05) is 13.8 Å². The van der Waals surface area contributed by atoms with Gasteiger partial charge in [-0.05, 0) is 26.2 Å². The fourth-order valence-corrected chi connectivity index (χ4v) is 2.29. The van der Waals surface area contributed by atoms with Crippen LogP contribution >= 0.6 is 0 Å². The Hall–Kier alpha value is -0.370. The Morgan fingerprint density at radius 2 is 1.86 bits per heavy atom. The number of carbonyl (C=O) groups is 1. The predicted octanol–water partition coefficient (Wildman–Crippen LogP) is 2.66. The highest BCUT2D eigenvalue weighted by molar-refractivity contribution is 5.84. The molecule has 0 aromatic rings. The summed E-state index contributed by atoms with van der Waals surface area (Å²) < 4.78 is 5.68. The average molecular weight is 198 g/mol. The summed E-state index contributed by atoms with van der Waals surface area (Å²) in [5.74, 6) is 1.04. The van der Waals surface area contributed by atoms with Crippen LogP contribution in [0.4, 0.5) is 0 Å². The number of Topliss-reactive ketones (excluding diaryl/α,β-unsaturated/α-hetero) is 1. The molecule has 2 heteroatoms. The third kappa shape index (κ3) is 2.00. The van der Waals surface area contributed by atoms with Gasteiger partial charge in [0.15, 0.2) is 0 Å². The normalized spacial score (nSPS) is 39.8. The second-order valence-corrected chi connectivity index (χ2v) is 4.64. The molecule has 14 heavy (non-hydrogen) atoms. The third-order valence-electron chi connectivity index (χ3n) is 3.67. The fourth-order valence-electron chi connectivity index (χ4n) is 2.29. The first kappa shape index (κ1) is 11.7. The average Bonchev–Trinajstić information content (AvgIpc) is 2.39. The summed E-state index contributed by atoms with van der Waals surface area (Å²) in [7, 11) is 0. The highest BCUT2D eigenvalue weighted by Crippen LogP contribution is 2.34. The Labute approximate surface area is 87.0 Å². The third-order valence-corrected chi connectivity index (χ3v) is 3.67. The number of carbonyl (C=O) groups excluding carboxylic acids is 1. The molecule has 1 fully saturated rings. The monoisotopic (exact) mass is 198 g/mol. The van der Waals surface area contributed by atoms with Crippen LogP contribution in [0.25, 0.3) is 0 Å². The van der Waals surface area contributed by atoms with Gasteiger partial charge in [0.25, 0.3) is 0 Å². The maximum absolute atomic E-state index is 12.1. The minimum Gasteiger partial charge on any atom is -0.375 e. The molecular formula is C12H22O2. The molecule has 1 saturated heterocycles. The maximum Gasteiger partial charge on any atom is 0.141 e. The van der Waals surface area contributed by atoms with Crippen molar-refractivity contribution < 1.29 is 9.53 Å². The number of rotatable bonds is 3. The van der Waals surface area contributed by atoms with Gasteiger partial charge < -0.3 is 4.74 Å². The maximum atomic E-state index is 12.1. The molecule has 0 aromatic carbocycles. The fraction of sp³-hybridized carbons (Fsp3) is 0.917. The summed E-state index contributed by atoms with van der Waals surface area (Å²) in [6, 6.07) is 0. The second kappa shape index (κ2) is 4.43. The van der Waals surface area contributed by atoms with E-state index < -0.39 is 0 Å². The van der Waals surface area contributed by atoms with E-state index in [-0.39, 0.29) is 24.0 Å². The summed E-state index contributed by atoms with van der Waals surface area (Å²) in [5.41, 5.74) is 0. The predicted molar refractivity (Wildman–Crippen MR) is 57.1 cm³/mol. The number of ether oxygens (including phenoxy) is 1. The van der Waals surface area contributed by atoms with Gasteiger partial charge >= 0.3 is 0 Å². The quantitative estimate of drug-likeness (QED) is 0.697. The number of hydrogen-bond donors (Lipinski definition) is 0. The first-order valence-electron chi connectivity index (χ1n) is 5.68. The van der Waals surface area contributed by atoms with E-state index in [2.05, 4.69) is 20.8 Å². The molecule has 82 valence electrons. The molecular weight excluding hydrogens is 176 g/mol. The lowest BCUT2D eigenvalue weighted by atomic mass is 9.81. The van der Waals surface area contributed by atoms with E-state index >= 15 is 0 Å². The zero-order chi connectivity index (χ0) is 10.9. The van der Waals surface area contributed by atoms with Crippen molar-refractivity contribution in [3.8, 4) is 0 Å². The van der Waals surface area contributed by atoms with Gasteiger partial charge in [-0.15, -0.1) is 0 Å². The van der Waals surface area contributed by atoms with Gasteiger partial charge in [-0.1, -0.05) is 20.8 Å². The summed E-state index contributed by atoms with van der Waals surface area (Å²) in [4.78, 5) is 12.1. The Morgan fingerprint density at radius 1 is 1.29 bits per heavy atom. The molecule has 2 nitrogen and oxygen atoms in total. The van der Waals surface area contributed by atoms with Crippen LogP contribution in [-0.2, 0) is 9.53 Å². The van der Waals surface area contributed by atoms with Crippen molar-refractivity contribution in [2.24, 2.45) is 17.8 Å². The van der Waals surface area contributed by atoms with Gasteiger partial charge in [-0.3, -0.25) is 4.79 Å². The molecule has 0 amide bonds. The van der Waals surface area contributed by atoms with Crippen LogP contribution in [0.5, 0.6) is 0 Å². The lowest BCUT2D eigenvalue weighted by Crippen LogP contribution is -2.30. The van der Waals surface area contributed by atoms with Crippen LogP contribution in [0, 0.1) is 17.8 Å². The Kier molecular flexibility index (Phi) is 3.71. The first-order chi connectivity index (χ1) is 6.49. The van der Waals surface area contributed by atoms with Crippen LogP contribution in [0.15, 0.2) is 0 Å². The lowest BCUT2D eigenvalue weighted by molar-refractivity contribution is -0.128. The zero-order valence-electron chi connectivity index (χ0n) is 9.91. The zero-order valence-corrected chi connectivity index (χ0v) is 9.91. The Morgan fingerprint density at radius 3 is 2.21 bits per heavy atom. The van der Waals surface area contributed by atoms with Crippen LogP contribution in [0.3, 0.4) is 0 Å². The van der Waals surface area contributed by atoms with Gasteiger partial charge in [-0.2, -0.15) is 0 Å². The van der Waals surface area contributed by atoms with Crippen molar-refractivity contribution in [1.29, 1.82) is 0 Å². The summed E-state index contributed by atoms with van der Waals surface area (Å²) >= 11 is 0. The van der Waals surface area contributed by atoms with Crippen molar-refractivity contribution in [2.75, 3.05) is 0 Å². The molecule has 0 saturated carbocycles.